The molecule has 0 aromatic heterocycles. The van der Waals surface area contributed by atoms with E-state index in [2.05, 4.69) is 29.3 Å². The van der Waals surface area contributed by atoms with Gasteiger partial charge in [-0.15, -0.1) is 0 Å². The molecule has 3 nitrogen and oxygen atoms in total. The maximum absolute atomic E-state index is 4.47. The maximum atomic E-state index is 4.47. The zero-order chi connectivity index (χ0) is 10.7. The highest BCUT2D eigenvalue weighted by Gasteiger charge is 2.35. The first-order chi connectivity index (χ1) is 7.23. The van der Waals surface area contributed by atoms with E-state index in [4.69, 9.17) is 0 Å². The molecule has 1 fully saturated rings. The molecule has 0 aromatic rings. The van der Waals surface area contributed by atoms with Gasteiger partial charge in [0.2, 0.25) is 0 Å². The molecular weight excluding hydrogens is 186 g/mol. The standard InChI is InChI=1S/C12H23N3/c1-15(2)12(7-3-4-8-12)10-14-11-6-5-9-13-11/h3-10H2,1-2H3,(H,13,14). The van der Waals surface area contributed by atoms with E-state index < -0.39 is 0 Å². The second kappa shape index (κ2) is 4.52. The van der Waals surface area contributed by atoms with E-state index in [-0.39, 0.29) is 0 Å². The van der Waals surface area contributed by atoms with Crippen LogP contribution in [0.3, 0.4) is 0 Å². The molecule has 2 aliphatic rings. The molecule has 86 valence electrons. The zero-order valence-corrected chi connectivity index (χ0v) is 10.1. The van der Waals surface area contributed by atoms with Gasteiger partial charge in [0, 0.05) is 25.0 Å². The van der Waals surface area contributed by atoms with Gasteiger partial charge in [0.25, 0.3) is 0 Å². The molecule has 0 saturated heterocycles. The van der Waals surface area contributed by atoms with E-state index in [1.165, 1.54) is 37.9 Å². The summed E-state index contributed by atoms with van der Waals surface area (Å²) in [6.45, 7) is 2.11. The molecule has 0 amide bonds. The van der Waals surface area contributed by atoms with Gasteiger partial charge >= 0.3 is 0 Å². The lowest BCUT2D eigenvalue weighted by molar-refractivity contribution is 0.161. The molecule has 15 heavy (non-hydrogen) atoms. The molecule has 1 saturated carbocycles. The lowest BCUT2D eigenvalue weighted by Gasteiger charge is -2.36. The lowest BCUT2D eigenvalue weighted by Crippen LogP contribution is -2.50. The maximum Gasteiger partial charge on any atom is 0.0964 e. The van der Waals surface area contributed by atoms with E-state index in [1.54, 1.807) is 0 Å². The van der Waals surface area contributed by atoms with Crippen LogP contribution in [0.1, 0.15) is 38.5 Å². The quantitative estimate of drug-likeness (QED) is 0.765. The fourth-order valence-corrected chi connectivity index (χ4v) is 2.77. The molecular formula is C12H23N3. The third-order valence-electron chi connectivity index (χ3n) is 3.98. The van der Waals surface area contributed by atoms with Crippen molar-refractivity contribution in [2.75, 3.05) is 27.2 Å². The molecule has 1 aliphatic heterocycles. The third-order valence-corrected chi connectivity index (χ3v) is 3.98. The average molecular weight is 209 g/mol. The Morgan fingerprint density at radius 2 is 2.00 bits per heavy atom. The van der Waals surface area contributed by atoms with E-state index in [0.29, 0.717) is 5.54 Å². The topological polar surface area (TPSA) is 27.6 Å². The van der Waals surface area contributed by atoms with Gasteiger partial charge < -0.3 is 10.2 Å². The van der Waals surface area contributed by atoms with E-state index >= 15 is 0 Å². The Morgan fingerprint density at radius 3 is 2.53 bits per heavy atom. The van der Waals surface area contributed by atoms with Crippen molar-refractivity contribution in [3.63, 3.8) is 0 Å². The Kier molecular flexibility index (Phi) is 3.29. The van der Waals surface area contributed by atoms with Crippen LogP contribution < -0.4 is 5.32 Å². The zero-order valence-electron chi connectivity index (χ0n) is 10.1. The van der Waals surface area contributed by atoms with Crippen molar-refractivity contribution in [3.05, 3.63) is 0 Å². The second-order valence-electron chi connectivity index (χ2n) is 5.11. The van der Waals surface area contributed by atoms with Gasteiger partial charge in [-0.1, -0.05) is 12.8 Å². The molecule has 1 N–H and O–H groups in total. The minimum Gasteiger partial charge on any atom is -0.372 e. The predicted octanol–water partition coefficient (Wildman–Crippen LogP) is 1.64. The minimum atomic E-state index is 0.394. The summed E-state index contributed by atoms with van der Waals surface area (Å²) in [5, 5.41) is 3.55. The molecule has 0 atom stereocenters. The van der Waals surface area contributed by atoms with Gasteiger partial charge in [-0.05, 0) is 33.4 Å². The first kappa shape index (κ1) is 10.9. The Labute approximate surface area is 92.9 Å². The Hall–Kier alpha value is -0.570. The van der Waals surface area contributed by atoms with Crippen LogP contribution in [0.2, 0.25) is 0 Å². The smallest absolute Gasteiger partial charge is 0.0964 e. The van der Waals surface area contributed by atoms with Crippen molar-refractivity contribution in [1.82, 2.24) is 10.2 Å². The van der Waals surface area contributed by atoms with Crippen LogP contribution in [0.15, 0.2) is 4.99 Å². The number of hydrogen-bond donors (Lipinski definition) is 1. The summed E-state index contributed by atoms with van der Waals surface area (Å²) in [6, 6.07) is 0. The minimum absolute atomic E-state index is 0.394. The van der Waals surface area contributed by atoms with Crippen molar-refractivity contribution in [2.45, 2.75) is 44.1 Å². The Balaban J connectivity index is 1.89. The molecule has 0 bridgehead atoms. The highest BCUT2D eigenvalue weighted by Crippen LogP contribution is 2.33. The van der Waals surface area contributed by atoms with Gasteiger partial charge in [0.15, 0.2) is 0 Å². The number of rotatable bonds is 3. The summed E-state index contributed by atoms with van der Waals surface area (Å²) in [5.41, 5.74) is 0.394. The van der Waals surface area contributed by atoms with Crippen LogP contribution in [0.25, 0.3) is 0 Å². The average Bonchev–Trinajstić information content (AvgIpc) is 2.87. The molecule has 1 aliphatic carbocycles. The van der Waals surface area contributed by atoms with E-state index in [0.717, 1.165) is 19.5 Å². The van der Waals surface area contributed by atoms with Crippen LogP contribution in [-0.2, 0) is 0 Å². The Bertz CT molecular complexity index is 239. The summed E-state index contributed by atoms with van der Waals surface area (Å²) in [5.74, 6) is 1.24. The highest BCUT2D eigenvalue weighted by atomic mass is 15.2. The number of amidine groups is 1. The summed E-state index contributed by atoms with van der Waals surface area (Å²) >= 11 is 0. The molecule has 2 rings (SSSR count). The van der Waals surface area contributed by atoms with E-state index in [1.807, 2.05) is 0 Å². The van der Waals surface area contributed by atoms with Crippen molar-refractivity contribution < 1.29 is 0 Å². The number of aliphatic imine (C=N–C) groups is 1. The number of hydrogen-bond acceptors (Lipinski definition) is 3. The fraction of sp³-hybridized carbons (Fsp3) is 0.917. The van der Waals surface area contributed by atoms with E-state index in [9.17, 15) is 0 Å². The molecule has 0 unspecified atom stereocenters. The Morgan fingerprint density at radius 1 is 1.27 bits per heavy atom. The van der Waals surface area contributed by atoms with Crippen molar-refractivity contribution >= 4 is 5.84 Å². The normalized spacial score (nSPS) is 24.6. The fourth-order valence-electron chi connectivity index (χ4n) is 2.77. The van der Waals surface area contributed by atoms with Gasteiger partial charge in [-0.2, -0.15) is 0 Å². The van der Waals surface area contributed by atoms with Gasteiger partial charge in [0.1, 0.15) is 0 Å². The number of nitrogens with one attached hydrogen (secondary N) is 1. The third kappa shape index (κ3) is 2.33. The summed E-state index contributed by atoms with van der Waals surface area (Å²) < 4.78 is 0. The van der Waals surface area contributed by atoms with Gasteiger partial charge in [0.05, 0.1) is 5.84 Å². The molecule has 0 radical (unpaired) electrons. The van der Waals surface area contributed by atoms with Crippen LogP contribution in [0.5, 0.6) is 0 Å². The van der Waals surface area contributed by atoms with Crippen molar-refractivity contribution in [1.29, 1.82) is 0 Å². The monoisotopic (exact) mass is 209 g/mol. The highest BCUT2D eigenvalue weighted by molar-refractivity contribution is 5.83. The van der Waals surface area contributed by atoms with Crippen LogP contribution in [-0.4, -0.2) is 43.5 Å². The molecule has 3 heteroatoms. The lowest BCUT2D eigenvalue weighted by atomic mass is 9.96. The van der Waals surface area contributed by atoms with Crippen molar-refractivity contribution in [3.8, 4) is 0 Å². The molecule has 0 aromatic carbocycles. The number of nitrogens with zero attached hydrogens (tertiary/aromatic N) is 2. The van der Waals surface area contributed by atoms with Crippen LogP contribution in [0.4, 0.5) is 0 Å². The van der Waals surface area contributed by atoms with Gasteiger partial charge in [-0.3, -0.25) is 4.99 Å². The summed E-state index contributed by atoms with van der Waals surface area (Å²) in [7, 11) is 4.42. The van der Waals surface area contributed by atoms with Crippen molar-refractivity contribution in [2.24, 2.45) is 4.99 Å². The second-order valence-corrected chi connectivity index (χ2v) is 5.11. The predicted molar refractivity (Wildman–Crippen MR) is 64.4 cm³/mol. The summed E-state index contributed by atoms with van der Waals surface area (Å²) in [4.78, 5) is 6.88. The van der Waals surface area contributed by atoms with Crippen LogP contribution >= 0.6 is 0 Å². The first-order valence-corrected chi connectivity index (χ1v) is 6.18. The SMILES string of the molecule is CN(C)C1(CNC2=NCCC2)CCCC1. The largest absolute Gasteiger partial charge is 0.372 e. The van der Waals surface area contributed by atoms with Gasteiger partial charge in [-0.25, -0.2) is 0 Å². The molecule has 1 heterocycles. The number of likely N-dealkylation sites (N-methyl/N-ethyl adjacent to an activating group) is 1. The first-order valence-electron chi connectivity index (χ1n) is 6.18. The summed E-state index contributed by atoms with van der Waals surface area (Å²) in [6.07, 6.45) is 7.82. The van der Waals surface area contributed by atoms with Crippen LogP contribution in [0, 0.1) is 0 Å². The molecule has 0 spiro atoms.